The molecule has 32 rings (SSSR count). The van der Waals surface area contributed by atoms with Gasteiger partial charge in [0.25, 0.3) is 0 Å². The van der Waals surface area contributed by atoms with Crippen molar-refractivity contribution in [3.8, 4) is 0 Å². The molecule has 31 aromatic carbocycles. The van der Waals surface area contributed by atoms with Gasteiger partial charge >= 0.3 is 0 Å². The highest BCUT2D eigenvalue weighted by Crippen LogP contribution is 2.80. The Morgan fingerprint density at radius 2 is 0.343 bits per heavy atom. The highest BCUT2D eigenvalue weighted by Gasteiger charge is 2.52. The summed E-state index contributed by atoms with van der Waals surface area (Å²) >= 11 is 3.77. The molecule has 0 atom stereocenters. The highest BCUT2D eigenvalue weighted by molar-refractivity contribution is 9.10. The summed E-state index contributed by atoms with van der Waals surface area (Å²) in [7, 11) is 0. The first-order valence-corrected chi connectivity index (χ1v) is 26.4. The molecule has 0 N–H and O–H groups in total. The predicted molar refractivity (Wildman–Crippen MR) is 301 cm³/mol. The van der Waals surface area contributed by atoms with Gasteiger partial charge in [0.05, 0.1) is 5.92 Å². The number of carbonyl (C=O) groups excluding carboxylic acids is 1. The minimum Gasteiger partial charge on any atom is -0.293 e. The monoisotopic (exact) mass is 916 g/mol. The van der Waals surface area contributed by atoms with E-state index in [1.165, 1.54) is 70.4 Å². The van der Waals surface area contributed by atoms with Crippen molar-refractivity contribution in [1.29, 1.82) is 0 Å². The zero-order valence-electron chi connectivity index (χ0n) is 35.2. The third kappa shape index (κ3) is 1.46. The van der Waals surface area contributed by atoms with Crippen LogP contribution in [0.3, 0.4) is 0 Å². The summed E-state index contributed by atoms with van der Waals surface area (Å²) in [5.74, 6) is -0.144. The predicted octanol–water partition coefficient (Wildman–Crippen LogP) is 19.8. The Morgan fingerprint density at radius 1 is 0.214 bits per heavy atom. The van der Waals surface area contributed by atoms with Crippen LogP contribution >= 0.6 is 15.9 Å². The molecule has 0 bridgehead atoms. The summed E-state index contributed by atoms with van der Waals surface area (Å²) in [4.78, 5) is 16.7. The molecule has 0 saturated heterocycles. The zero-order valence-corrected chi connectivity index (χ0v) is 36.8. The van der Waals surface area contributed by atoms with Crippen LogP contribution in [-0.4, -0.2) is 5.78 Å². The van der Waals surface area contributed by atoms with Crippen molar-refractivity contribution in [2.24, 2.45) is 0 Å². The van der Waals surface area contributed by atoms with Gasteiger partial charge in [-0.1, -0.05) is 28.1 Å². The molecular formula is C68H5BrO. The molecule has 1 nitrogen and oxygen atoms in total. The van der Waals surface area contributed by atoms with Gasteiger partial charge in [-0.25, -0.2) is 0 Å². The van der Waals surface area contributed by atoms with Crippen LogP contribution in [0.4, 0.5) is 0 Å². The number of ketones is 1. The second-order valence-corrected chi connectivity index (χ2v) is 25.8. The number of rotatable bonds is 2. The summed E-state index contributed by atoms with van der Waals surface area (Å²) in [6.45, 7) is 0. The Morgan fingerprint density at radius 3 is 0.500 bits per heavy atom. The number of hydrogen-bond acceptors (Lipinski definition) is 1. The minimum absolute atomic E-state index is 0.271. The maximum absolute atomic E-state index is 16.7. The number of halogens is 1. The van der Waals surface area contributed by atoms with E-state index in [9.17, 15) is 0 Å². The van der Waals surface area contributed by atoms with Gasteiger partial charge in [0.15, 0.2) is 5.78 Å². The first kappa shape index (κ1) is 26.4. The van der Waals surface area contributed by atoms with Crippen LogP contribution in [0.15, 0.2) is 28.7 Å². The maximum Gasteiger partial charge on any atom is 0.174 e. The lowest BCUT2D eigenvalue weighted by molar-refractivity contribution is 0.0975. The summed E-state index contributed by atoms with van der Waals surface area (Å²) in [5, 5.41) is 90.8. The van der Waals surface area contributed by atoms with E-state index in [0.29, 0.717) is 0 Å². The van der Waals surface area contributed by atoms with E-state index in [1.807, 2.05) is 0 Å². The van der Waals surface area contributed by atoms with E-state index in [0.717, 1.165) is 10.0 Å². The van der Waals surface area contributed by atoms with Gasteiger partial charge in [-0.2, -0.15) is 0 Å². The molecule has 0 fully saturated rings. The average molecular weight is 918 g/mol. The molecule has 0 unspecified atom stereocenters. The smallest absolute Gasteiger partial charge is 0.174 e. The van der Waals surface area contributed by atoms with Crippen LogP contribution in [0.2, 0.25) is 0 Å². The number of carbonyl (C=O) groups is 1. The van der Waals surface area contributed by atoms with Gasteiger partial charge in [0.2, 0.25) is 0 Å². The molecule has 1 aliphatic carbocycles. The Bertz CT molecular complexity index is 7220. The molecule has 31 aromatic rings. The zero-order chi connectivity index (χ0) is 41.8. The molecule has 2 heteroatoms. The van der Waals surface area contributed by atoms with E-state index in [2.05, 4.69) is 40.2 Å². The molecule has 0 aromatic heterocycles. The Hall–Kier alpha value is -8.43. The van der Waals surface area contributed by atoms with Crippen LogP contribution < -0.4 is 0 Å². The third-order valence-corrected chi connectivity index (χ3v) is 24.8. The largest absolute Gasteiger partial charge is 0.293 e. The van der Waals surface area contributed by atoms with E-state index in [1.54, 1.807) is 253 Å². The van der Waals surface area contributed by atoms with Crippen molar-refractivity contribution >= 4 is 334 Å². The van der Waals surface area contributed by atoms with Crippen molar-refractivity contribution in [2.45, 2.75) is 5.92 Å². The molecule has 0 radical (unpaired) electrons. The van der Waals surface area contributed by atoms with Crippen molar-refractivity contribution < 1.29 is 4.79 Å². The normalized spacial score (nSPS) is 17.5. The molecular weight excluding hydrogens is 913 g/mol. The van der Waals surface area contributed by atoms with E-state index >= 15 is 4.79 Å². The van der Waals surface area contributed by atoms with Crippen molar-refractivity contribution in [2.75, 3.05) is 0 Å². The molecule has 0 heterocycles. The van der Waals surface area contributed by atoms with Crippen molar-refractivity contribution in [3.05, 3.63) is 45.4 Å². The number of fused-ring (bicyclic) bond motifs is 5. The second-order valence-electron chi connectivity index (χ2n) is 24.9. The Kier molecular flexibility index (Phi) is 2.30. The van der Waals surface area contributed by atoms with Crippen molar-refractivity contribution in [1.82, 2.24) is 0 Å². The average Bonchev–Trinajstić information content (AvgIpc) is 4.42. The van der Waals surface area contributed by atoms with E-state index in [-0.39, 0.29) is 5.78 Å². The first-order chi connectivity index (χ1) is 34.8. The van der Waals surface area contributed by atoms with Gasteiger partial charge in [-0.05, 0) is 336 Å². The number of benzene rings is 20. The molecule has 0 saturated carbocycles. The second kappa shape index (κ2) is 6.11. The Balaban J connectivity index is 1.19. The van der Waals surface area contributed by atoms with E-state index < -0.39 is 5.92 Å². The standard InChI is InChI=1S/C68H5BrO/c69-6-3-1-5(2-4-6)68(70)67-65-61-54-47-35-27-18-9-7-8-10-13(9)22-29(27)37-38-30(22)28-19(10)21-17-12(8)15-14-11(7)16-20(18)33(35)41-39-25(16)23(14)31-32-24(15)26(17)40-42-34(21)36(28)48-50(38)59(58(61)49(37)47)62-55(48)53(42)57-46(40)44(32)51-43(31)45(39)56(52(41)54)63(65)60(51)64(57)66(62)67/h1-4,67H. The minimum atomic E-state index is -0.415. The maximum atomic E-state index is 16.7. The fraction of sp³-hybridized carbons (Fsp3) is 0.0147. The summed E-state index contributed by atoms with van der Waals surface area (Å²) < 4.78 is 1.02. The summed E-state index contributed by atoms with van der Waals surface area (Å²) in [5.41, 5.74) is 3.54. The lowest BCUT2D eigenvalue weighted by atomic mass is 9.71. The fourth-order valence-corrected chi connectivity index (χ4v) is 24.1. The molecule has 0 aliphatic heterocycles. The van der Waals surface area contributed by atoms with Gasteiger partial charge in [-0.15, -0.1) is 0 Å². The SMILES string of the molecule is O=C(c1ccc(Br)cc1)C1c2c3c4c5c1c1c6c7c2c2c8c3c3c9c4c4c%10c5c5c1c1c6c6c%11c7c2c2c7c8c3c3c8c9c4c4c9c%10c5c5c1c1c6c6c%11c2c2c7c3c3c8c4c4c9c5c1c1c6c2c3c41. The lowest BCUT2D eigenvalue weighted by Gasteiger charge is -2.30. The molecule has 0 spiro atoms. The van der Waals surface area contributed by atoms with Gasteiger partial charge in [-0.3, -0.25) is 4.79 Å². The first-order valence-electron chi connectivity index (χ1n) is 25.6. The number of hydrogen-bond donors (Lipinski definition) is 0. The third-order valence-electron chi connectivity index (χ3n) is 24.3. The molecule has 0 amide bonds. The van der Waals surface area contributed by atoms with Crippen LogP contribution in [-0.2, 0) is 0 Å². The molecule has 1 aliphatic rings. The summed E-state index contributed by atoms with van der Waals surface area (Å²) in [6.07, 6.45) is 0. The quantitative estimate of drug-likeness (QED) is 0.125. The molecule has 70 heavy (non-hydrogen) atoms. The van der Waals surface area contributed by atoms with Crippen LogP contribution in [0.1, 0.15) is 27.4 Å². The topological polar surface area (TPSA) is 17.1 Å². The van der Waals surface area contributed by atoms with Gasteiger partial charge in [0.1, 0.15) is 0 Å². The lowest BCUT2D eigenvalue weighted by Crippen LogP contribution is -2.18. The van der Waals surface area contributed by atoms with Gasteiger partial charge in [0, 0.05) is 10.0 Å². The summed E-state index contributed by atoms with van der Waals surface area (Å²) in [6, 6.07) is 8.44. The molecule has 290 valence electrons. The Labute approximate surface area is 387 Å². The number of Topliss-reactive ketones (excluding diaryl/α,β-unsaturated/α-hetero) is 1. The highest BCUT2D eigenvalue weighted by atomic mass is 79.9. The fourth-order valence-electron chi connectivity index (χ4n) is 23.8. The van der Waals surface area contributed by atoms with E-state index in [4.69, 9.17) is 0 Å². The van der Waals surface area contributed by atoms with Crippen molar-refractivity contribution in [3.63, 3.8) is 0 Å². The van der Waals surface area contributed by atoms with Crippen LogP contribution in [0.25, 0.3) is 312 Å². The van der Waals surface area contributed by atoms with Gasteiger partial charge < -0.3 is 0 Å². The van der Waals surface area contributed by atoms with Crippen LogP contribution in [0.5, 0.6) is 0 Å². The van der Waals surface area contributed by atoms with Crippen LogP contribution in [0, 0.1) is 0 Å².